The Morgan fingerprint density at radius 3 is 2.90 bits per heavy atom. The first kappa shape index (κ1) is 18.7. The van der Waals surface area contributed by atoms with Crippen LogP contribution in [-0.2, 0) is 0 Å². The number of piperidine rings is 1. The van der Waals surface area contributed by atoms with Crippen molar-refractivity contribution in [2.75, 3.05) is 32.6 Å². The number of likely N-dealkylation sites (tertiary alicyclic amines) is 1. The number of hydrogen-bond acceptors (Lipinski definition) is 7. The van der Waals surface area contributed by atoms with Gasteiger partial charge < -0.3 is 15.0 Å². The summed E-state index contributed by atoms with van der Waals surface area (Å²) >= 11 is 0. The van der Waals surface area contributed by atoms with Gasteiger partial charge in [0, 0.05) is 30.1 Å². The monoisotopic (exact) mass is 414 g/mol. The number of fused-ring (bicyclic) bond motifs is 2. The smallest absolute Gasteiger partial charge is 0.280 e. The number of halogens is 2. The van der Waals surface area contributed by atoms with Crippen molar-refractivity contribution >= 4 is 17.1 Å². The van der Waals surface area contributed by atoms with E-state index in [2.05, 4.69) is 25.5 Å². The predicted molar refractivity (Wildman–Crippen MR) is 106 cm³/mol. The molecule has 4 aromatic rings. The van der Waals surface area contributed by atoms with Gasteiger partial charge in [0.2, 0.25) is 11.8 Å². The molecule has 1 saturated heterocycles. The van der Waals surface area contributed by atoms with E-state index in [9.17, 15) is 8.78 Å². The summed E-state index contributed by atoms with van der Waals surface area (Å²) in [6.07, 6.45) is 5.38. The predicted octanol–water partition coefficient (Wildman–Crippen LogP) is 2.20. The topological polar surface area (TPSA) is 84.9 Å². The van der Waals surface area contributed by atoms with Gasteiger partial charge in [-0.2, -0.15) is 10.1 Å². The Kier molecular flexibility index (Phi) is 4.28. The summed E-state index contributed by atoms with van der Waals surface area (Å²) < 4.78 is 37.6. The highest BCUT2D eigenvalue weighted by molar-refractivity contribution is 5.84. The van der Waals surface area contributed by atoms with Crippen LogP contribution in [0.1, 0.15) is 6.42 Å². The molecule has 5 heterocycles. The number of aromatic nitrogens is 6. The zero-order valence-electron chi connectivity index (χ0n) is 16.5. The molecule has 1 N–H and O–H groups in total. The lowest BCUT2D eigenvalue weighted by molar-refractivity contribution is -0.0675. The van der Waals surface area contributed by atoms with Crippen molar-refractivity contribution in [3.05, 3.63) is 36.9 Å². The quantitative estimate of drug-likeness (QED) is 0.548. The van der Waals surface area contributed by atoms with E-state index >= 15 is 0 Å². The van der Waals surface area contributed by atoms with Gasteiger partial charge in [-0.05, 0) is 31.7 Å². The van der Waals surface area contributed by atoms with Crippen molar-refractivity contribution in [3.63, 3.8) is 0 Å². The van der Waals surface area contributed by atoms with Crippen LogP contribution in [0.3, 0.4) is 0 Å². The van der Waals surface area contributed by atoms with E-state index in [4.69, 9.17) is 4.74 Å². The van der Waals surface area contributed by atoms with E-state index in [0.717, 1.165) is 16.8 Å². The molecule has 0 aliphatic carbocycles. The Morgan fingerprint density at radius 1 is 1.23 bits per heavy atom. The maximum atomic E-state index is 14.4. The number of ether oxygens (including phenoxy) is 1. The second-order valence-electron chi connectivity index (χ2n) is 7.43. The number of alkyl halides is 2. The number of nitrogens with zero attached hydrogens (tertiary/aromatic N) is 7. The van der Waals surface area contributed by atoms with Gasteiger partial charge >= 0.3 is 0 Å². The highest BCUT2D eigenvalue weighted by Crippen LogP contribution is 2.33. The van der Waals surface area contributed by atoms with Gasteiger partial charge in [-0.15, -0.1) is 5.10 Å². The van der Waals surface area contributed by atoms with Crippen LogP contribution in [0.5, 0.6) is 5.88 Å². The fraction of sp³-hybridized carbons (Fsp3) is 0.368. The number of methoxy groups -OCH3 is 1. The van der Waals surface area contributed by atoms with Crippen LogP contribution in [-0.4, -0.2) is 73.3 Å². The molecule has 0 spiro atoms. The molecule has 0 aromatic carbocycles. The minimum atomic E-state index is -2.88. The molecular weight excluding hydrogens is 394 g/mol. The fourth-order valence-corrected chi connectivity index (χ4v) is 3.85. The third-order valence-electron chi connectivity index (χ3n) is 5.35. The molecule has 0 unspecified atom stereocenters. The number of rotatable bonds is 4. The lowest BCUT2D eigenvalue weighted by Crippen LogP contribution is -2.53. The summed E-state index contributed by atoms with van der Waals surface area (Å²) in [5.74, 6) is -2.49. The lowest BCUT2D eigenvalue weighted by atomic mass is 10.0. The van der Waals surface area contributed by atoms with Gasteiger partial charge in [-0.1, -0.05) is 0 Å². The van der Waals surface area contributed by atoms with E-state index < -0.39 is 12.0 Å². The molecule has 1 fully saturated rings. The highest BCUT2D eigenvalue weighted by atomic mass is 19.3. The van der Waals surface area contributed by atoms with Crippen molar-refractivity contribution in [2.24, 2.45) is 0 Å². The Morgan fingerprint density at radius 2 is 2.10 bits per heavy atom. The minimum absolute atomic E-state index is 0.0995. The van der Waals surface area contributed by atoms with Crippen LogP contribution >= 0.6 is 0 Å². The van der Waals surface area contributed by atoms with Gasteiger partial charge in [-0.3, -0.25) is 0 Å². The van der Waals surface area contributed by atoms with E-state index in [1.807, 2.05) is 24.4 Å². The third kappa shape index (κ3) is 3.11. The molecule has 0 saturated carbocycles. The lowest BCUT2D eigenvalue weighted by Gasteiger charge is -2.36. The SMILES string of the molecule is COc1nc(N[C@@H]2CCN(C)CC2(F)F)nn2ccc(-c3ccc4ncnn4c3)c12. The number of nitrogens with one attached hydrogen (secondary N) is 1. The maximum Gasteiger partial charge on any atom is 0.280 e. The average molecular weight is 414 g/mol. The van der Waals surface area contributed by atoms with Crippen molar-refractivity contribution in [1.82, 2.24) is 34.1 Å². The normalized spacial score (nSPS) is 19.4. The molecule has 30 heavy (non-hydrogen) atoms. The van der Waals surface area contributed by atoms with Gasteiger partial charge in [0.15, 0.2) is 5.65 Å². The van der Waals surface area contributed by atoms with E-state index in [1.165, 1.54) is 13.4 Å². The Hall–Kier alpha value is -3.34. The summed E-state index contributed by atoms with van der Waals surface area (Å²) in [7, 11) is 3.18. The summed E-state index contributed by atoms with van der Waals surface area (Å²) in [6, 6.07) is 4.61. The second-order valence-corrected chi connectivity index (χ2v) is 7.43. The minimum Gasteiger partial charge on any atom is -0.479 e. The second kappa shape index (κ2) is 6.87. The number of pyridine rings is 1. The molecule has 1 aliphatic heterocycles. The summed E-state index contributed by atoms with van der Waals surface area (Å²) in [5, 5.41) is 11.4. The molecule has 5 rings (SSSR count). The molecule has 156 valence electrons. The third-order valence-corrected chi connectivity index (χ3v) is 5.35. The maximum absolute atomic E-state index is 14.4. The van der Waals surface area contributed by atoms with Crippen LogP contribution in [0.15, 0.2) is 36.9 Å². The Labute approximate surface area is 170 Å². The van der Waals surface area contributed by atoms with Gasteiger partial charge in [-0.25, -0.2) is 22.8 Å². The number of anilines is 1. The first-order valence-electron chi connectivity index (χ1n) is 9.50. The molecule has 1 aliphatic rings. The molecule has 0 amide bonds. The molecule has 1 atom stereocenters. The van der Waals surface area contributed by atoms with Crippen molar-refractivity contribution in [1.29, 1.82) is 0 Å². The Balaban J connectivity index is 1.53. The van der Waals surface area contributed by atoms with Gasteiger partial charge in [0.1, 0.15) is 11.8 Å². The van der Waals surface area contributed by atoms with Crippen LogP contribution in [0.4, 0.5) is 14.7 Å². The molecule has 9 nitrogen and oxygen atoms in total. The highest BCUT2D eigenvalue weighted by Gasteiger charge is 2.44. The zero-order valence-corrected chi connectivity index (χ0v) is 16.5. The molecular formula is C19H20F2N8O. The first-order chi connectivity index (χ1) is 14.4. The Bertz CT molecular complexity index is 1220. The van der Waals surface area contributed by atoms with Crippen LogP contribution < -0.4 is 10.1 Å². The fourth-order valence-electron chi connectivity index (χ4n) is 3.85. The van der Waals surface area contributed by atoms with Crippen molar-refractivity contribution in [2.45, 2.75) is 18.4 Å². The van der Waals surface area contributed by atoms with Crippen LogP contribution in [0.2, 0.25) is 0 Å². The van der Waals surface area contributed by atoms with E-state index in [0.29, 0.717) is 24.4 Å². The molecule has 0 bridgehead atoms. The largest absolute Gasteiger partial charge is 0.479 e. The summed E-state index contributed by atoms with van der Waals surface area (Å²) in [4.78, 5) is 10.1. The molecule has 11 heteroatoms. The molecule has 4 aromatic heterocycles. The van der Waals surface area contributed by atoms with Gasteiger partial charge in [0.05, 0.1) is 19.7 Å². The standard InChI is InChI=1S/C19H20F2N8O/c1-27-7-6-14(19(20,21)10-27)24-18-25-17(30-2)16-13(5-8-28(16)26-18)12-3-4-15-22-11-23-29(15)9-12/h3-5,8-9,11,14H,6-7,10H2,1-2H3,(H,24,26)/t14-/m1/s1. The number of hydrogen-bond donors (Lipinski definition) is 1. The van der Waals surface area contributed by atoms with Gasteiger partial charge in [0.25, 0.3) is 5.92 Å². The molecule has 0 radical (unpaired) electrons. The average Bonchev–Trinajstić information content (AvgIpc) is 3.35. The van der Waals surface area contributed by atoms with E-state index in [-0.39, 0.29) is 12.5 Å². The van der Waals surface area contributed by atoms with Crippen molar-refractivity contribution in [3.8, 4) is 17.0 Å². The first-order valence-corrected chi connectivity index (χ1v) is 9.50. The van der Waals surface area contributed by atoms with E-state index in [1.54, 1.807) is 27.2 Å². The zero-order chi connectivity index (χ0) is 20.9. The van der Waals surface area contributed by atoms with Crippen molar-refractivity contribution < 1.29 is 13.5 Å². The summed E-state index contributed by atoms with van der Waals surface area (Å²) in [6.45, 7) is 0.271. The van der Waals surface area contributed by atoms with Crippen LogP contribution in [0, 0.1) is 0 Å². The van der Waals surface area contributed by atoms with Crippen LogP contribution in [0.25, 0.3) is 22.3 Å². The summed E-state index contributed by atoms with van der Waals surface area (Å²) in [5.41, 5.74) is 3.08.